The average molecular weight is 294 g/mol. The summed E-state index contributed by atoms with van der Waals surface area (Å²) < 4.78 is 0. The van der Waals surface area contributed by atoms with Crippen molar-refractivity contribution in [2.24, 2.45) is 0 Å². The second kappa shape index (κ2) is 13.1. The molecule has 0 bridgehead atoms. The molecule has 0 saturated carbocycles. The van der Waals surface area contributed by atoms with E-state index in [1.54, 1.807) is 0 Å². The fraction of sp³-hybridized carbons (Fsp3) is 0.842. The van der Waals surface area contributed by atoms with Crippen LogP contribution in [0.5, 0.6) is 0 Å². The molecule has 0 saturated heterocycles. The van der Waals surface area contributed by atoms with Crippen molar-refractivity contribution in [3.8, 4) is 0 Å². The smallest absolute Gasteiger partial charge is 0.161 e. The highest BCUT2D eigenvalue weighted by Gasteiger charge is 2.13. The van der Waals surface area contributed by atoms with Gasteiger partial charge in [-0.25, -0.2) is 0 Å². The lowest BCUT2D eigenvalue weighted by Gasteiger charge is -2.09. The zero-order valence-corrected chi connectivity index (χ0v) is 13.7. The van der Waals surface area contributed by atoms with Gasteiger partial charge in [0.05, 0.1) is 0 Å². The molecule has 2 nitrogen and oxygen atoms in total. The van der Waals surface area contributed by atoms with E-state index in [9.17, 15) is 9.90 Å². The summed E-state index contributed by atoms with van der Waals surface area (Å²) in [7, 11) is 0. The number of ketones is 1. The largest absolute Gasteiger partial charge is 0.385 e. The van der Waals surface area contributed by atoms with Crippen molar-refractivity contribution in [3.63, 3.8) is 0 Å². The molecular weight excluding hydrogens is 260 g/mol. The molecule has 0 aromatic heterocycles. The van der Waals surface area contributed by atoms with Gasteiger partial charge in [0.15, 0.2) is 5.78 Å². The summed E-state index contributed by atoms with van der Waals surface area (Å²) in [4.78, 5) is 11.8. The lowest BCUT2D eigenvalue weighted by atomic mass is 10.0. The number of aliphatic hydroxyl groups is 1. The minimum absolute atomic E-state index is 0.0668. The maximum Gasteiger partial charge on any atom is 0.161 e. The number of hydrogen-bond acceptors (Lipinski definition) is 2. The van der Waals surface area contributed by atoms with Crippen LogP contribution in [-0.2, 0) is 4.79 Å². The van der Waals surface area contributed by atoms with E-state index in [4.69, 9.17) is 0 Å². The maximum absolute atomic E-state index is 11.8. The highest BCUT2D eigenvalue weighted by molar-refractivity contribution is 5.82. The van der Waals surface area contributed by atoms with E-state index in [1.807, 2.05) is 0 Å². The van der Waals surface area contributed by atoms with Crippen molar-refractivity contribution in [2.75, 3.05) is 0 Å². The second-order valence-corrected chi connectivity index (χ2v) is 6.46. The molecule has 21 heavy (non-hydrogen) atoms. The Balaban J connectivity index is 2.24. The molecule has 1 atom stereocenters. The zero-order valence-electron chi connectivity index (χ0n) is 13.7. The van der Waals surface area contributed by atoms with Crippen LogP contribution in [0.4, 0.5) is 0 Å². The molecule has 122 valence electrons. The maximum atomic E-state index is 11.8. The van der Waals surface area contributed by atoms with E-state index < -0.39 is 6.10 Å². The monoisotopic (exact) mass is 294 g/mol. The number of carbonyl (C=O) groups excluding carboxylic acids is 1. The molecule has 1 aliphatic carbocycles. The van der Waals surface area contributed by atoms with Gasteiger partial charge in [-0.3, -0.25) is 4.79 Å². The van der Waals surface area contributed by atoms with Gasteiger partial charge in [-0.05, 0) is 38.5 Å². The molecule has 0 heterocycles. The van der Waals surface area contributed by atoms with Crippen LogP contribution in [0.2, 0.25) is 0 Å². The van der Waals surface area contributed by atoms with E-state index in [-0.39, 0.29) is 5.78 Å². The minimum Gasteiger partial charge on any atom is -0.385 e. The van der Waals surface area contributed by atoms with Crippen molar-refractivity contribution < 1.29 is 9.90 Å². The van der Waals surface area contributed by atoms with E-state index in [0.717, 1.165) is 25.7 Å². The molecule has 0 aliphatic heterocycles. The molecule has 1 rings (SSSR count). The number of Topliss-reactive ketones (excluding diaryl/α,β-unsaturated/α-hetero) is 1. The Kier molecular flexibility index (Phi) is 11.5. The van der Waals surface area contributed by atoms with Crippen molar-refractivity contribution in [2.45, 2.75) is 102 Å². The first kappa shape index (κ1) is 18.4. The third kappa shape index (κ3) is 10.7. The number of carbonyl (C=O) groups is 1. The van der Waals surface area contributed by atoms with Crippen LogP contribution in [0.3, 0.4) is 0 Å². The Morgan fingerprint density at radius 1 is 0.714 bits per heavy atom. The first-order chi connectivity index (χ1) is 10.3. The van der Waals surface area contributed by atoms with Crippen molar-refractivity contribution >= 4 is 5.78 Å². The highest BCUT2D eigenvalue weighted by Crippen LogP contribution is 2.14. The Morgan fingerprint density at radius 2 is 1.19 bits per heavy atom. The van der Waals surface area contributed by atoms with Crippen molar-refractivity contribution in [3.05, 3.63) is 12.2 Å². The van der Waals surface area contributed by atoms with Gasteiger partial charge in [0.1, 0.15) is 6.10 Å². The number of aliphatic hydroxyl groups excluding tert-OH is 1. The quantitative estimate of drug-likeness (QED) is 0.612. The summed E-state index contributed by atoms with van der Waals surface area (Å²) in [6.07, 6.45) is 20.8. The fourth-order valence-electron chi connectivity index (χ4n) is 2.96. The fourth-order valence-corrected chi connectivity index (χ4v) is 2.96. The molecule has 0 amide bonds. The number of rotatable bonds is 0. The predicted molar refractivity (Wildman–Crippen MR) is 89.4 cm³/mol. The van der Waals surface area contributed by atoms with Crippen LogP contribution in [-0.4, -0.2) is 17.0 Å². The summed E-state index contributed by atoms with van der Waals surface area (Å²) in [5.74, 6) is 0.0668. The van der Waals surface area contributed by atoms with Gasteiger partial charge in [0.25, 0.3) is 0 Å². The Bertz CT molecular complexity index is 283. The third-order valence-electron chi connectivity index (χ3n) is 4.43. The Morgan fingerprint density at radius 3 is 1.81 bits per heavy atom. The van der Waals surface area contributed by atoms with Crippen LogP contribution in [0.15, 0.2) is 12.2 Å². The van der Waals surface area contributed by atoms with Crippen molar-refractivity contribution in [1.82, 2.24) is 0 Å². The van der Waals surface area contributed by atoms with Crippen molar-refractivity contribution in [1.29, 1.82) is 0 Å². The van der Waals surface area contributed by atoms with Crippen LogP contribution in [0.25, 0.3) is 0 Å². The standard InChI is InChI=1S/C19H34O2/c20-18-16-14-12-10-8-6-4-2-1-3-5-7-9-11-13-15-17-19(18)21/h1-2,18,20H,3-17H2/b2-1+. The van der Waals surface area contributed by atoms with Gasteiger partial charge in [-0.1, -0.05) is 63.5 Å². The summed E-state index contributed by atoms with van der Waals surface area (Å²) in [5.41, 5.74) is 0. The van der Waals surface area contributed by atoms with Gasteiger partial charge in [-0.15, -0.1) is 0 Å². The van der Waals surface area contributed by atoms with E-state index >= 15 is 0 Å². The molecule has 0 spiro atoms. The lowest BCUT2D eigenvalue weighted by Crippen LogP contribution is -2.19. The third-order valence-corrected chi connectivity index (χ3v) is 4.43. The Labute approximate surface area is 131 Å². The molecule has 1 N–H and O–H groups in total. The highest BCUT2D eigenvalue weighted by atomic mass is 16.3. The summed E-state index contributed by atoms with van der Waals surface area (Å²) >= 11 is 0. The van der Waals surface area contributed by atoms with Crippen LogP contribution in [0, 0.1) is 0 Å². The second-order valence-electron chi connectivity index (χ2n) is 6.46. The molecular formula is C19H34O2. The van der Waals surface area contributed by atoms with Gasteiger partial charge >= 0.3 is 0 Å². The topological polar surface area (TPSA) is 37.3 Å². The van der Waals surface area contributed by atoms with E-state index in [0.29, 0.717) is 12.8 Å². The van der Waals surface area contributed by atoms with Crippen LogP contribution in [0.1, 0.15) is 96.3 Å². The van der Waals surface area contributed by atoms with Gasteiger partial charge in [-0.2, -0.15) is 0 Å². The SMILES string of the molecule is O=C1CCCCCCCC/C=C/CCCCCCCC1O. The predicted octanol–water partition coefficient (Wildman–Crippen LogP) is 5.34. The molecule has 1 unspecified atom stereocenters. The van der Waals surface area contributed by atoms with Crippen LogP contribution >= 0.6 is 0 Å². The summed E-state index contributed by atoms with van der Waals surface area (Å²) in [6.45, 7) is 0. The molecule has 1 aliphatic rings. The lowest BCUT2D eigenvalue weighted by molar-refractivity contribution is -0.127. The summed E-state index contributed by atoms with van der Waals surface area (Å²) in [5, 5.41) is 9.85. The molecule has 0 aromatic rings. The zero-order chi connectivity index (χ0) is 15.2. The van der Waals surface area contributed by atoms with Gasteiger partial charge < -0.3 is 5.11 Å². The summed E-state index contributed by atoms with van der Waals surface area (Å²) in [6, 6.07) is 0. The van der Waals surface area contributed by atoms with Gasteiger partial charge in [0, 0.05) is 6.42 Å². The molecule has 0 radical (unpaired) electrons. The van der Waals surface area contributed by atoms with Crippen LogP contribution < -0.4 is 0 Å². The first-order valence-electron chi connectivity index (χ1n) is 9.16. The first-order valence-corrected chi connectivity index (χ1v) is 9.16. The Hall–Kier alpha value is -0.630. The average Bonchev–Trinajstić information content (AvgIpc) is 2.49. The van der Waals surface area contributed by atoms with E-state index in [1.165, 1.54) is 57.8 Å². The van der Waals surface area contributed by atoms with Gasteiger partial charge in [0.2, 0.25) is 0 Å². The number of hydrogen-bond donors (Lipinski definition) is 1. The molecule has 0 aromatic carbocycles. The molecule has 0 fully saturated rings. The van der Waals surface area contributed by atoms with E-state index in [2.05, 4.69) is 12.2 Å². The molecule has 2 heteroatoms. The minimum atomic E-state index is -0.699. The number of allylic oxidation sites excluding steroid dienone is 2. The normalized spacial score (nSPS) is 27.3.